The van der Waals surface area contributed by atoms with Crippen molar-refractivity contribution in [3.05, 3.63) is 76.4 Å². The van der Waals surface area contributed by atoms with Crippen molar-refractivity contribution in [1.29, 1.82) is 0 Å². The number of carboxylic acid groups (broad SMARTS) is 1. The van der Waals surface area contributed by atoms with E-state index in [9.17, 15) is 19.1 Å². The molecule has 1 fully saturated rings. The Kier molecular flexibility index (Phi) is 6.67. The van der Waals surface area contributed by atoms with Gasteiger partial charge < -0.3 is 20.3 Å². The van der Waals surface area contributed by atoms with Crippen LogP contribution in [0.1, 0.15) is 26.4 Å². The molecule has 2 heterocycles. The molecule has 3 N–H and O–H groups in total. The normalized spacial score (nSPS) is 16.6. The summed E-state index contributed by atoms with van der Waals surface area (Å²) in [4.78, 5) is 31.2. The smallest absolute Gasteiger partial charge is 0.352 e. The van der Waals surface area contributed by atoms with Crippen LogP contribution in [0, 0.1) is 0 Å². The average molecular weight is 471 g/mol. The Hall–Kier alpha value is -3.36. The predicted octanol–water partition coefficient (Wildman–Crippen LogP) is 4.01. The van der Waals surface area contributed by atoms with Gasteiger partial charge in [-0.25, -0.2) is 9.18 Å². The number of nitrogens with zero attached hydrogens (tertiary/aromatic N) is 2. The number of halogens is 2. The Morgan fingerprint density at radius 3 is 2.61 bits per heavy atom. The number of rotatable bonds is 6. The summed E-state index contributed by atoms with van der Waals surface area (Å²) in [5, 5.41) is 13.0. The molecule has 0 bridgehead atoms. The first-order chi connectivity index (χ1) is 15.8. The topological polar surface area (TPSA) is 88.7 Å². The van der Waals surface area contributed by atoms with Gasteiger partial charge in [-0.3, -0.25) is 9.69 Å². The summed E-state index contributed by atoms with van der Waals surface area (Å²) in [7, 11) is 1.74. The van der Waals surface area contributed by atoms with Gasteiger partial charge in [0.05, 0.1) is 17.8 Å². The number of nitrogens with one attached hydrogen (secondary N) is 2. The van der Waals surface area contributed by atoms with Crippen LogP contribution in [-0.4, -0.2) is 59.8 Å². The molecule has 0 spiro atoms. The number of hydrogen-bond donors (Lipinski definition) is 3. The molecule has 33 heavy (non-hydrogen) atoms. The summed E-state index contributed by atoms with van der Waals surface area (Å²) < 4.78 is 14.4. The van der Waals surface area contributed by atoms with Crippen molar-refractivity contribution in [3.63, 3.8) is 0 Å². The highest BCUT2D eigenvalue weighted by Crippen LogP contribution is 2.34. The molecule has 2 aromatic carbocycles. The number of aromatic amines is 1. The maximum atomic E-state index is 14.4. The molecule has 7 nitrogen and oxygen atoms in total. The number of H-pyrrole nitrogens is 1. The number of hydrogen-bond acceptors (Lipinski definition) is 4. The van der Waals surface area contributed by atoms with Gasteiger partial charge in [0, 0.05) is 35.9 Å². The number of likely N-dealkylation sites (N-methyl/N-ethyl adjacent to an activating group) is 1. The molecule has 1 atom stereocenters. The number of alkyl halides is 1. The van der Waals surface area contributed by atoms with Gasteiger partial charge in [0.15, 0.2) is 6.30 Å². The number of carbonyl (C=O) groups excluding carboxylic acids is 1. The van der Waals surface area contributed by atoms with Crippen LogP contribution in [0.25, 0.3) is 11.3 Å². The van der Waals surface area contributed by atoms with Crippen molar-refractivity contribution in [2.45, 2.75) is 12.8 Å². The molecule has 4 rings (SSSR count). The Morgan fingerprint density at radius 2 is 1.91 bits per heavy atom. The minimum atomic E-state index is -1.17. The van der Waals surface area contributed by atoms with Crippen LogP contribution >= 0.6 is 11.6 Å². The first-order valence-electron chi connectivity index (χ1n) is 10.5. The molecule has 0 radical (unpaired) electrons. The highest BCUT2D eigenvalue weighted by atomic mass is 35.5. The number of piperazine rings is 1. The van der Waals surface area contributed by atoms with Crippen molar-refractivity contribution in [2.75, 3.05) is 31.6 Å². The Morgan fingerprint density at radius 1 is 1.18 bits per heavy atom. The van der Waals surface area contributed by atoms with Crippen LogP contribution in [0.5, 0.6) is 0 Å². The highest BCUT2D eigenvalue weighted by Gasteiger charge is 2.27. The minimum absolute atomic E-state index is 0.0989. The lowest BCUT2D eigenvalue weighted by molar-refractivity contribution is 0.0691. The molecule has 1 saturated heterocycles. The maximum absolute atomic E-state index is 14.4. The molecule has 9 heteroatoms. The van der Waals surface area contributed by atoms with Crippen LogP contribution < -0.4 is 10.2 Å². The molecular weight excluding hydrogens is 447 g/mol. The molecule has 1 aromatic heterocycles. The number of carbonyl (C=O) groups is 2. The summed E-state index contributed by atoms with van der Waals surface area (Å²) in [5.41, 5.74) is 2.72. The van der Waals surface area contributed by atoms with Gasteiger partial charge >= 0.3 is 5.97 Å². The van der Waals surface area contributed by atoms with E-state index in [-0.39, 0.29) is 24.3 Å². The fourth-order valence-electron chi connectivity index (χ4n) is 3.85. The third-order valence-corrected chi connectivity index (χ3v) is 6.00. The van der Waals surface area contributed by atoms with E-state index in [4.69, 9.17) is 11.6 Å². The quantitative estimate of drug-likeness (QED) is 0.474. The van der Waals surface area contributed by atoms with Crippen LogP contribution in [0.15, 0.2) is 54.6 Å². The maximum Gasteiger partial charge on any atom is 0.352 e. The van der Waals surface area contributed by atoms with Crippen molar-refractivity contribution in [3.8, 4) is 11.3 Å². The number of anilines is 1. The summed E-state index contributed by atoms with van der Waals surface area (Å²) in [6.45, 7) is 1.60. The molecular formula is C24H24ClFN4O3. The molecule has 0 saturated carbocycles. The predicted molar refractivity (Wildman–Crippen MR) is 126 cm³/mol. The first kappa shape index (κ1) is 22.8. The van der Waals surface area contributed by atoms with Gasteiger partial charge in [0.25, 0.3) is 5.91 Å². The Labute approximate surface area is 195 Å². The standard InChI is InChI=1S/C24H24ClFN4O3/c1-29-10-11-30(14-21(29)26)20-5-3-2-4-17(20)22-18(12-19(28-22)24(32)33)23(31)27-13-15-6-8-16(25)9-7-15/h2-9,12,21,28H,10-11,13-14H2,1H3,(H,27,31)(H,32,33). The van der Waals surface area contributed by atoms with E-state index in [1.54, 1.807) is 48.3 Å². The zero-order valence-corrected chi connectivity index (χ0v) is 18.8. The second-order valence-corrected chi connectivity index (χ2v) is 8.40. The summed E-state index contributed by atoms with van der Waals surface area (Å²) in [5.74, 6) is -1.59. The van der Waals surface area contributed by atoms with E-state index in [1.165, 1.54) is 6.07 Å². The van der Waals surface area contributed by atoms with E-state index in [0.717, 1.165) is 11.3 Å². The van der Waals surface area contributed by atoms with Gasteiger partial charge in [-0.2, -0.15) is 0 Å². The fourth-order valence-corrected chi connectivity index (χ4v) is 3.98. The summed E-state index contributed by atoms with van der Waals surface area (Å²) in [6.07, 6.45) is -1.12. The number of benzene rings is 2. The van der Waals surface area contributed by atoms with E-state index in [1.807, 2.05) is 17.0 Å². The van der Waals surface area contributed by atoms with Gasteiger partial charge in [0.1, 0.15) is 5.69 Å². The van der Waals surface area contributed by atoms with Gasteiger partial charge in [-0.05, 0) is 36.9 Å². The first-order valence-corrected chi connectivity index (χ1v) is 10.9. The monoisotopic (exact) mass is 470 g/mol. The molecule has 1 amide bonds. The van der Waals surface area contributed by atoms with Crippen LogP contribution in [0.4, 0.5) is 10.1 Å². The van der Waals surface area contributed by atoms with Gasteiger partial charge in [-0.1, -0.05) is 41.9 Å². The third-order valence-electron chi connectivity index (χ3n) is 5.75. The summed E-state index contributed by atoms with van der Waals surface area (Å²) >= 11 is 5.91. The molecule has 3 aromatic rings. The van der Waals surface area contributed by atoms with Crippen molar-refractivity contribution in [1.82, 2.24) is 15.2 Å². The lowest BCUT2D eigenvalue weighted by atomic mass is 10.0. The SMILES string of the molecule is CN1CCN(c2ccccc2-c2[nH]c(C(=O)O)cc2C(=O)NCc2ccc(Cl)cc2)CC1F. The van der Waals surface area contributed by atoms with E-state index in [2.05, 4.69) is 10.3 Å². The van der Waals surface area contributed by atoms with Crippen molar-refractivity contribution >= 4 is 29.2 Å². The van der Waals surface area contributed by atoms with Gasteiger partial charge in [-0.15, -0.1) is 0 Å². The third kappa shape index (κ3) is 5.02. The Balaban J connectivity index is 1.66. The molecule has 172 valence electrons. The van der Waals surface area contributed by atoms with Gasteiger partial charge in [0.2, 0.25) is 0 Å². The van der Waals surface area contributed by atoms with E-state index in [0.29, 0.717) is 29.4 Å². The molecule has 1 aliphatic heterocycles. The minimum Gasteiger partial charge on any atom is -0.477 e. The second-order valence-electron chi connectivity index (χ2n) is 7.96. The number of para-hydroxylation sites is 1. The lowest BCUT2D eigenvalue weighted by Crippen LogP contribution is -2.49. The molecule has 0 aliphatic carbocycles. The van der Waals surface area contributed by atoms with Crippen molar-refractivity contribution in [2.24, 2.45) is 0 Å². The number of amides is 1. The Bertz CT molecular complexity index is 1160. The zero-order valence-electron chi connectivity index (χ0n) is 18.0. The lowest BCUT2D eigenvalue weighted by Gasteiger charge is -2.37. The number of aromatic nitrogens is 1. The number of aromatic carboxylic acids is 1. The van der Waals surface area contributed by atoms with Crippen LogP contribution in [-0.2, 0) is 6.54 Å². The van der Waals surface area contributed by atoms with Crippen LogP contribution in [0.2, 0.25) is 5.02 Å². The highest BCUT2D eigenvalue weighted by molar-refractivity contribution is 6.30. The largest absolute Gasteiger partial charge is 0.477 e. The number of carboxylic acids is 1. The average Bonchev–Trinajstić information content (AvgIpc) is 3.26. The fraction of sp³-hybridized carbons (Fsp3) is 0.250. The van der Waals surface area contributed by atoms with E-state index < -0.39 is 18.2 Å². The second kappa shape index (κ2) is 9.64. The van der Waals surface area contributed by atoms with Crippen LogP contribution in [0.3, 0.4) is 0 Å². The molecule has 1 unspecified atom stereocenters. The summed E-state index contributed by atoms with van der Waals surface area (Å²) in [6, 6.07) is 15.7. The van der Waals surface area contributed by atoms with Crippen molar-refractivity contribution < 1.29 is 19.1 Å². The van der Waals surface area contributed by atoms with E-state index >= 15 is 0 Å². The molecule has 1 aliphatic rings. The zero-order chi connectivity index (χ0) is 23.5.